The average molecular weight is 480 g/mol. The molecule has 4 rings (SSSR count). The molecule has 0 saturated heterocycles. The molecule has 0 radical (unpaired) electrons. The summed E-state index contributed by atoms with van der Waals surface area (Å²) >= 11 is 0. The Kier molecular flexibility index (Phi) is 8.06. The predicted octanol–water partition coefficient (Wildman–Crippen LogP) is 7.99. The maximum Gasteiger partial charge on any atom is 0.119 e. The summed E-state index contributed by atoms with van der Waals surface area (Å²) in [7, 11) is 0. The number of ether oxygens (including phenoxy) is 2. The lowest BCUT2D eigenvalue weighted by molar-refractivity contribution is 0.300. The largest absolute Gasteiger partial charge is 0.508 e. The van der Waals surface area contributed by atoms with Gasteiger partial charge in [-0.05, 0) is 83.3 Å². The normalized spacial score (nSPS) is 11.5. The van der Waals surface area contributed by atoms with Crippen LogP contribution in [0.25, 0.3) is 0 Å². The number of nitrogens with zero attached hydrogens (tertiary/aromatic N) is 1. The highest BCUT2D eigenvalue weighted by atomic mass is 16.5. The summed E-state index contributed by atoms with van der Waals surface area (Å²) in [5, 5.41) is 9.59. The smallest absolute Gasteiger partial charge is 0.119 e. The molecule has 36 heavy (non-hydrogen) atoms. The lowest BCUT2D eigenvalue weighted by atomic mass is 9.78. The molecule has 0 unspecified atom stereocenters. The van der Waals surface area contributed by atoms with Crippen molar-refractivity contribution < 1.29 is 14.6 Å². The number of benzene rings is 4. The highest BCUT2D eigenvalue weighted by Gasteiger charge is 2.23. The third-order valence-corrected chi connectivity index (χ3v) is 6.23. The second-order valence-electron chi connectivity index (χ2n) is 9.31. The van der Waals surface area contributed by atoms with E-state index >= 15 is 0 Å². The van der Waals surface area contributed by atoms with Crippen LogP contribution in [0, 0.1) is 0 Å². The van der Waals surface area contributed by atoms with Crippen LogP contribution >= 0.6 is 0 Å². The van der Waals surface area contributed by atoms with Crippen LogP contribution in [0.2, 0.25) is 0 Å². The molecule has 184 valence electrons. The summed E-state index contributed by atoms with van der Waals surface area (Å²) in [6.07, 6.45) is 2.82. The number of aliphatic imine (C=N–C) groups is 1. The van der Waals surface area contributed by atoms with Gasteiger partial charge in [-0.25, -0.2) is 0 Å². The van der Waals surface area contributed by atoms with Crippen LogP contribution < -0.4 is 9.47 Å². The van der Waals surface area contributed by atoms with E-state index in [0.29, 0.717) is 13.2 Å². The van der Waals surface area contributed by atoms with Crippen molar-refractivity contribution in [2.45, 2.75) is 45.8 Å². The van der Waals surface area contributed by atoms with Gasteiger partial charge in [0.1, 0.15) is 30.5 Å². The summed E-state index contributed by atoms with van der Waals surface area (Å²) in [6, 6.07) is 31.7. The summed E-state index contributed by atoms with van der Waals surface area (Å²) in [5.74, 6) is 1.93. The summed E-state index contributed by atoms with van der Waals surface area (Å²) in [6.45, 7) is 7.40. The number of phenolic OH excluding ortho intramolecular Hbond substituents is 1. The first-order valence-corrected chi connectivity index (χ1v) is 12.3. The van der Waals surface area contributed by atoms with Crippen LogP contribution in [0.4, 0.5) is 5.69 Å². The van der Waals surface area contributed by atoms with Crippen molar-refractivity contribution in [1.82, 2.24) is 0 Å². The summed E-state index contributed by atoms with van der Waals surface area (Å²) in [5.41, 5.74) is 5.27. The fourth-order valence-corrected chi connectivity index (χ4v) is 3.98. The van der Waals surface area contributed by atoms with Crippen molar-refractivity contribution in [3.05, 3.63) is 119 Å². The molecule has 4 nitrogen and oxygen atoms in total. The van der Waals surface area contributed by atoms with Crippen LogP contribution in [0.5, 0.6) is 17.2 Å². The van der Waals surface area contributed by atoms with E-state index in [-0.39, 0.29) is 11.2 Å². The third kappa shape index (κ3) is 6.54. The minimum Gasteiger partial charge on any atom is -0.508 e. The highest BCUT2D eigenvalue weighted by Crippen LogP contribution is 2.33. The lowest BCUT2D eigenvalue weighted by Crippen LogP contribution is -2.18. The van der Waals surface area contributed by atoms with Crippen molar-refractivity contribution in [1.29, 1.82) is 0 Å². The number of rotatable bonds is 10. The van der Waals surface area contributed by atoms with Crippen LogP contribution in [0.3, 0.4) is 0 Å². The molecule has 4 aromatic carbocycles. The van der Waals surface area contributed by atoms with Gasteiger partial charge < -0.3 is 14.6 Å². The van der Waals surface area contributed by atoms with Gasteiger partial charge >= 0.3 is 0 Å². The molecule has 0 bridgehead atoms. The van der Waals surface area contributed by atoms with Crippen LogP contribution in [-0.4, -0.2) is 11.3 Å². The van der Waals surface area contributed by atoms with Gasteiger partial charge in [-0.15, -0.1) is 0 Å². The van der Waals surface area contributed by atoms with E-state index in [1.54, 1.807) is 12.1 Å². The van der Waals surface area contributed by atoms with Gasteiger partial charge in [0.15, 0.2) is 0 Å². The topological polar surface area (TPSA) is 51.0 Å². The minimum atomic E-state index is -0.177. The first-order chi connectivity index (χ1) is 17.4. The van der Waals surface area contributed by atoms with Gasteiger partial charge in [0.05, 0.1) is 5.69 Å². The molecule has 0 fully saturated rings. The Morgan fingerprint density at radius 2 is 1.22 bits per heavy atom. The van der Waals surface area contributed by atoms with Gasteiger partial charge in [0.2, 0.25) is 0 Å². The molecule has 0 aromatic heterocycles. The van der Waals surface area contributed by atoms with E-state index in [1.165, 1.54) is 5.56 Å². The van der Waals surface area contributed by atoms with Gasteiger partial charge in [-0.3, -0.25) is 4.99 Å². The zero-order valence-corrected chi connectivity index (χ0v) is 21.1. The van der Waals surface area contributed by atoms with E-state index in [1.807, 2.05) is 60.8 Å². The zero-order chi connectivity index (χ0) is 25.4. The SMILES string of the molecule is CCC=Nc1ccc(OCc2cccc(COc3ccc(C(C)(C)c4ccc(O)cc4)cc3)c2)cc1. The molecule has 0 aliphatic rings. The number of phenols is 1. The molecular weight excluding hydrogens is 446 g/mol. The molecule has 4 heteroatoms. The predicted molar refractivity (Wildman–Crippen MR) is 147 cm³/mol. The Morgan fingerprint density at radius 3 is 1.75 bits per heavy atom. The molecule has 0 atom stereocenters. The number of hydrogen-bond acceptors (Lipinski definition) is 4. The fourth-order valence-electron chi connectivity index (χ4n) is 3.98. The first kappa shape index (κ1) is 25.1. The van der Waals surface area contributed by atoms with Gasteiger partial charge in [-0.1, -0.05) is 63.2 Å². The van der Waals surface area contributed by atoms with E-state index in [9.17, 15) is 5.11 Å². The summed E-state index contributed by atoms with van der Waals surface area (Å²) in [4.78, 5) is 4.37. The van der Waals surface area contributed by atoms with Gasteiger partial charge in [0, 0.05) is 11.6 Å². The molecule has 0 aliphatic carbocycles. The molecule has 0 spiro atoms. The molecular formula is C32H33NO3. The molecule has 4 aromatic rings. The van der Waals surface area contributed by atoms with E-state index < -0.39 is 0 Å². The second-order valence-corrected chi connectivity index (χ2v) is 9.31. The van der Waals surface area contributed by atoms with E-state index in [0.717, 1.165) is 40.3 Å². The monoisotopic (exact) mass is 479 g/mol. The molecule has 0 heterocycles. The first-order valence-electron chi connectivity index (χ1n) is 12.3. The van der Waals surface area contributed by atoms with Crippen LogP contribution in [0.1, 0.15) is 49.4 Å². The summed E-state index contributed by atoms with van der Waals surface area (Å²) < 4.78 is 12.0. The quantitative estimate of drug-likeness (QED) is 0.235. The Hall–Kier alpha value is -4.05. The zero-order valence-electron chi connectivity index (χ0n) is 21.1. The molecule has 0 amide bonds. The highest BCUT2D eigenvalue weighted by molar-refractivity contribution is 5.62. The van der Waals surface area contributed by atoms with Gasteiger partial charge in [-0.2, -0.15) is 0 Å². The fraction of sp³-hybridized carbons (Fsp3) is 0.219. The average Bonchev–Trinajstić information content (AvgIpc) is 2.91. The standard InChI is InChI=1S/C32H33NO3/c1-4-20-33-28-12-18-31(19-13-28)36-23-25-7-5-6-24(21-25)22-35-30-16-10-27(11-17-30)32(2,3)26-8-14-29(34)15-9-26/h5-21,34H,4,22-23H2,1-3H3. The van der Waals surface area contributed by atoms with Crippen molar-refractivity contribution in [3.63, 3.8) is 0 Å². The van der Waals surface area contributed by atoms with Crippen LogP contribution in [0.15, 0.2) is 102 Å². The minimum absolute atomic E-state index is 0.177. The maximum atomic E-state index is 9.59. The second kappa shape index (κ2) is 11.6. The number of aromatic hydroxyl groups is 1. The van der Waals surface area contributed by atoms with E-state index in [4.69, 9.17) is 9.47 Å². The van der Waals surface area contributed by atoms with Crippen LogP contribution in [-0.2, 0) is 18.6 Å². The maximum absolute atomic E-state index is 9.59. The Bertz CT molecular complexity index is 1270. The Morgan fingerprint density at radius 1 is 0.722 bits per heavy atom. The molecule has 0 saturated carbocycles. The van der Waals surface area contributed by atoms with Crippen molar-refractivity contribution >= 4 is 11.9 Å². The van der Waals surface area contributed by atoms with Crippen molar-refractivity contribution in [2.75, 3.05) is 0 Å². The van der Waals surface area contributed by atoms with Gasteiger partial charge in [0.25, 0.3) is 0 Å². The lowest BCUT2D eigenvalue weighted by Gasteiger charge is -2.26. The molecule has 0 aliphatic heterocycles. The van der Waals surface area contributed by atoms with E-state index in [2.05, 4.69) is 56.1 Å². The Balaban J connectivity index is 1.32. The third-order valence-electron chi connectivity index (χ3n) is 6.23. The molecule has 1 N–H and O–H groups in total. The number of hydrogen-bond donors (Lipinski definition) is 1. The van der Waals surface area contributed by atoms with Crippen molar-refractivity contribution in [3.8, 4) is 17.2 Å². The Labute approximate surface area is 213 Å². The van der Waals surface area contributed by atoms with Crippen molar-refractivity contribution in [2.24, 2.45) is 4.99 Å².